The van der Waals surface area contributed by atoms with Crippen molar-refractivity contribution in [2.45, 2.75) is 13.8 Å². The predicted molar refractivity (Wildman–Crippen MR) is 124 cm³/mol. The fraction of sp³-hybridized carbons (Fsp3) is 0.115. The highest BCUT2D eigenvalue weighted by atomic mass is 19.1. The monoisotopic (exact) mass is 461 g/mol. The summed E-state index contributed by atoms with van der Waals surface area (Å²) in [5, 5.41) is 7.09. The number of carbonyl (C=O) groups excluding carboxylic acids is 2. The summed E-state index contributed by atoms with van der Waals surface area (Å²) in [4.78, 5) is 24.9. The maximum absolute atomic E-state index is 14.0. The molecule has 4 aromatic rings. The van der Waals surface area contributed by atoms with Gasteiger partial charge in [0, 0.05) is 17.3 Å². The highest BCUT2D eigenvalue weighted by Gasteiger charge is 2.19. The van der Waals surface area contributed by atoms with Crippen LogP contribution in [0.5, 0.6) is 0 Å². The molecule has 172 valence electrons. The van der Waals surface area contributed by atoms with Gasteiger partial charge in [0.05, 0.1) is 23.6 Å². The number of nitrogens with one attached hydrogen (secondary N) is 1. The summed E-state index contributed by atoms with van der Waals surface area (Å²) in [6, 6.07) is 18.8. The molecule has 0 fully saturated rings. The number of aryl methyl sites for hydroxylation is 1. The third-order valence-corrected chi connectivity index (χ3v) is 5.13. The van der Waals surface area contributed by atoms with E-state index in [0.717, 1.165) is 23.4 Å². The van der Waals surface area contributed by atoms with Gasteiger partial charge in [-0.2, -0.15) is 5.10 Å². The molecule has 0 atom stereocenters. The number of nitrogens with zero attached hydrogens (tertiary/aromatic N) is 2. The highest BCUT2D eigenvalue weighted by molar-refractivity contribution is 6.04. The van der Waals surface area contributed by atoms with Crippen LogP contribution in [0.1, 0.15) is 33.3 Å². The molecule has 0 saturated heterocycles. The number of carbonyl (C=O) groups is 2. The minimum absolute atomic E-state index is 0.142. The zero-order chi connectivity index (χ0) is 24.2. The van der Waals surface area contributed by atoms with Gasteiger partial charge in [0.1, 0.15) is 11.6 Å². The molecule has 3 aromatic carbocycles. The Balaban J connectivity index is 1.73. The number of hydrogen-bond donors (Lipinski definition) is 1. The molecule has 8 heteroatoms. The number of anilines is 1. The summed E-state index contributed by atoms with van der Waals surface area (Å²) in [7, 11) is 0. The molecule has 0 saturated carbocycles. The maximum atomic E-state index is 14.0. The van der Waals surface area contributed by atoms with Crippen LogP contribution in [0.3, 0.4) is 0 Å². The van der Waals surface area contributed by atoms with E-state index in [4.69, 9.17) is 4.74 Å². The van der Waals surface area contributed by atoms with Gasteiger partial charge in [-0.15, -0.1) is 0 Å². The third-order valence-electron chi connectivity index (χ3n) is 5.13. The largest absolute Gasteiger partial charge is 0.461 e. The van der Waals surface area contributed by atoms with Crippen LogP contribution in [0.4, 0.5) is 14.5 Å². The number of hydrogen-bond acceptors (Lipinski definition) is 4. The van der Waals surface area contributed by atoms with Crippen LogP contribution in [0.15, 0.2) is 72.8 Å². The van der Waals surface area contributed by atoms with Gasteiger partial charge in [-0.1, -0.05) is 30.3 Å². The van der Waals surface area contributed by atoms with Gasteiger partial charge in [-0.05, 0) is 55.8 Å². The Morgan fingerprint density at radius 1 is 1.00 bits per heavy atom. The minimum atomic E-state index is -0.953. The van der Waals surface area contributed by atoms with Gasteiger partial charge in [-0.3, -0.25) is 4.79 Å². The molecule has 0 aliphatic carbocycles. The fourth-order valence-corrected chi connectivity index (χ4v) is 3.50. The van der Waals surface area contributed by atoms with Gasteiger partial charge >= 0.3 is 5.97 Å². The summed E-state index contributed by atoms with van der Waals surface area (Å²) < 4.78 is 33.9. The summed E-state index contributed by atoms with van der Waals surface area (Å²) in [6.07, 6.45) is 0. The first-order valence-corrected chi connectivity index (χ1v) is 10.6. The highest BCUT2D eigenvalue weighted by Crippen LogP contribution is 2.28. The van der Waals surface area contributed by atoms with Gasteiger partial charge in [-0.25, -0.2) is 18.3 Å². The second kappa shape index (κ2) is 9.66. The van der Waals surface area contributed by atoms with Crippen LogP contribution in [-0.2, 0) is 4.74 Å². The lowest BCUT2D eigenvalue weighted by molar-refractivity contribution is 0.0518. The second-order valence-electron chi connectivity index (χ2n) is 7.49. The number of rotatable bonds is 6. The van der Waals surface area contributed by atoms with Crippen LogP contribution in [0.2, 0.25) is 0 Å². The number of ether oxygens (including phenoxy) is 1. The Hall–Kier alpha value is -4.33. The number of esters is 1. The van der Waals surface area contributed by atoms with Crippen molar-refractivity contribution >= 4 is 17.6 Å². The summed E-state index contributed by atoms with van der Waals surface area (Å²) in [5.41, 5.74) is 3.23. The molecule has 0 spiro atoms. The average molecular weight is 461 g/mol. The predicted octanol–water partition coefficient (Wildman–Crippen LogP) is 5.55. The molecule has 1 amide bonds. The second-order valence-corrected chi connectivity index (χ2v) is 7.49. The Labute approximate surface area is 194 Å². The van der Waals surface area contributed by atoms with Gasteiger partial charge in [0.2, 0.25) is 0 Å². The van der Waals surface area contributed by atoms with Crippen molar-refractivity contribution in [3.8, 4) is 16.9 Å². The van der Waals surface area contributed by atoms with E-state index in [2.05, 4.69) is 10.4 Å². The molecule has 0 unspecified atom stereocenters. The molecule has 0 bridgehead atoms. The van der Waals surface area contributed by atoms with E-state index in [9.17, 15) is 18.4 Å². The van der Waals surface area contributed by atoms with Crippen molar-refractivity contribution in [3.05, 3.63) is 101 Å². The number of aromatic nitrogens is 2. The summed E-state index contributed by atoms with van der Waals surface area (Å²) in [6.45, 7) is 3.86. The van der Waals surface area contributed by atoms with Crippen molar-refractivity contribution in [2.75, 3.05) is 11.9 Å². The molecule has 1 aromatic heterocycles. The zero-order valence-corrected chi connectivity index (χ0v) is 18.5. The molecule has 1 N–H and O–H groups in total. The Bertz CT molecular complexity index is 1380. The Morgan fingerprint density at radius 2 is 1.79 bits per heavy atom. The SMILES string of the molecule is CCOC(=O)c1cc(-c2cccc(NC(=O)c3ccc(F)cc3F)c2)n(-c2ccccc2C)n1. The lowest BCUT2D eigenvalue weighted by Gasteiger charge is -2.12. The van der Waals surface area contributed by atoms with Crippen molar-refractivity contribution in [3.63, 3.8) is 0 Å². The number of amides is 1. The molecule has 0 aliphatic heterocycles. The number of para-hydroxylation sites is 1. The van der Waals surface area contributed by atoms with Crippen molar-refractivity contribution in [1.29, 1.82) is 0 Å². The van der Waals surface area contributed by atoms with E-state index in [-0.39, 0.29) is 17.9 Å². The molecule has 1 heterocycles. The van der Waals surface area contributed by atoms with E-state index in [1.54, 1.807) is 41.9 Å². The van der Waals surface area contributed by atoms with E-state index >= 15 is 0 Å². The zero-order valence-electron chi connectivity index (χ0n) is 18.5. The van der Waals surface area contributed by atoms with Crippen molar-refractivity contribution in [2.24, 2.45) is 0 Å². The van der Waals surface area contributed by atoms with E-state index in [1.807, 2.05) is 31.2 Å². The fourth-order valence-electron chi connectivity index (χ4n) is 3.50. The molecule has 4 rings (SSSR count). The Kier molecular flexibility index (Phi) is 6.49. The lowest BCUT2D eigenvalue weighted by Crippen LogP contribution is -2.14. The smallest absolute Gasteiger partial charge is 0.358 e. The molecule has 0 radical (unpaired) electrons. The quantitative estimate of drug-likeness (QED) is 0.382. The molecular formula is C26H21F2N3O3. The first-order chi connectivity index (χ1) is 16.4. The number of halogens is 2. The lowest BCUT2D eigenvalue weighted by atomic mass is 10.1. The first-order valence-electron chi connectivity index (χ1n) is 10.6. The summed E-state index contributed by atoms with van der Waals surface area (Å²) >= 11 is 0. The van der Waals surface area contributed by atoms with Gasteiger partial charge < -0.3 is 10.1 Å². The molecule has 6 nitrogen and oxygen atoms in total. The minimum Gasteiger partial charge on any atom is -0.461 e. The van der Waals surface area contributed by atoms with E-state index in [0.29, 0.717) is 23.0 Å². The van der Waals surface area contributed by atoms with Gasteiger partial charge in [0.15, 0.2) is 5.69 Å². The standard InChI is InChI=1S/C26H21F2N3O3/c1-3-34-26(33)22-15-24(31(30-22)23-10-5-4-7-16(23)2)17-8-6-9-19(13-17)29-25(32)20-12-11-18(27)14-21(20)28/h4-15H,3H2,1-2H3,(H,29,32). The van der Waals surface area contributed by atoms with Crippen LogP contribution < -0.4 is 5.32 Å². The van der Waals surface area contributed by atoms with Crippen molar-refractivity contribution < 1.29 is 23.1 Å². The number of benzene rings is 3. The molecule has 0 aliphatic rings. The molecule has 34 heavy (non-hydrogen) atoms. The van der Waals surface area contributed by atoms with Crippen LogP contribution in [0.25, 0.3) is 16.9 Å². The van der Waals surface area contributed by atoms with Crippen LogP contribution in [-0.4, -0.2) is 28.3 Å². The van der Waals surface area contributed by atoms with Crippen LogP contribution >= 0.6 is 0 Å². The van der Waals surface area contributed by atoms with Crippen molar-refractivity contribution in [1.82, 2.24) is 9.78 Å². The summed E-state index contributed by atoms with van der Waals surface area (Å²) in [5.74, 6) is -2.98. The third kappa shape index (κ3) is 4.71. The average Bonchev–Trinajstić information content (AvgIpc) is 3.25. The Morgan fingerprint density at radius 3 is 2.53 bits per heavy atom. The first kappa shape index (κ1) is 22.8. The molecular weight excluding hydrogens is 440 g/mol. The maximum Gasteiger partial charge on any atom is 0.358 e. The van der Waals surface area contributed by atoms with Crippen LogP contribution in [0, 0.1) is 18.6 Å². The van der Waals surface area contributed by atoms with E-state index < -0.39 is 23.5 Å². The van der Waals surface area contributed by atoms with Gasteiger partial charge in [0.25, 0.3) is 5.91 Å². The topological polar surface area (TPSA) is 73.2 Å². The van der Waals surface area contributed by atoms with E-state index in [1.165, 1.54) is 0 Å². The normalized spacial score (nSPS) is 10.7.